The first-order chi connectivity index (χ1) is 6.18. The molecule has 0 aromatic rings. The summed E-state index contributed by atoms with van der Waals surface area (Å²) in [4.78, 5) is 11.3. The van der Waals surface area contributed by atoms with E-state index in [1.165, 1.54) is 0 Å². The van der Waals surface area contributed by atoms with E-state index in [1.807, 2.05) is 0 Å². The second-order valence-corrected chi connectivity index (χ2v) is 4.20. The van der Waals surface area contributed by atoms with Crippen LogP contribution in [0.25, 0.3) is 0 Å². The summed E-state index contributed by atoms with van der Waals surface area (Å²) in [7, 11) is 0. The Morgan fingerprint density at radius 3 is 3.00 bits per heavy atom. The molecule has 0 amide bonds. The molecule has 6 atom stereocenters. The fraction of sp³-hybridized carbons (Fsp3) is 0.889. The van der Waals surface area contributed by atoms with Crippen molar-refractivity contribution < 1.29 is 19.4 Å². The normalized spacial score (nSPS) is 54.0. The van der Waals surface area contributed by atoms with Gasteiger partial charge in [-0.3, -0.25) is 4.79 Å². The third-order valence-corrected chi connectivity index (χ3v) is 3.46. The number of rotatable bonds is 1. The predicted molar refractivity (Wildman–Crippen MR) is 41.8 cm³/mol. The lowest BCUT2D eigenvalue weighted by Crippen LogP contribution is -2.38. The maximum absolute atomic E-state index is 11.3. The van der Waals surface area contributed by atoms with Crippen LogP contribution in [0, 0.1) is 11.8 Å². The Morgan fingerprint density at radius 1 is 1.54 bits per heavy atom. The van der Waals surface area contributed by atoms with Gasteiger partial charge in [-0.05, 0) is 13.3 Å². The molecule has 0 aliphatic carbocycles. The number of fused-ring (bicyclic) bond motifs is 1. The van der Waals surface area contributed by atoms with E-state index in [0.29, 0.717) is 0 Å². The summed E-state index contributed by atoms with van der Waals surface area (Å²) in [5.41, 5.74) is 0. The van der Waals surface area contributed by atoms with E-state index < -0.39 is 6.10 Å². The van der Waals surface area contributed by atoms with Crippen molar-refractivity contribution in [3.63, 3.8) is 0 Å². The van der Waals surface area contributed by atoms with Crippen LogP contribution in [0.5, 0.6) is 0 Å². The lowest BCUT2D eigenvalue weighted by Gasteiger charge is -2.24. The van der Waals surface area contributed by atoms with Crippen LogP contribution in [0.3, 0.4) is 0 Å². The first kappa shape index (κ1) is 7.76. The molecule has 13 heavy (non-hydrogen) atoms. The Morgan fingerprint density at radius 2 is 2.31 bits per heavy atom. The van der Waals surface area contributed by atoms with Crippen LogP contribution in [-0.2, 0) is 14.3 Å². The largest absolute Gasteiger partial charge is 0.459 e. The number of ether oxygens (including phenoxy) is 2. The highest BCUT2D eigenvalue weighted by atomic mass is 16.6. The molecule has 6 unspecified atom stereocenters. The lowest BCUT2D eigenvalue weighted by molar-refractivity contribution is -0.145. The van der Waals surface area contributed by atoms with Gasteiger partial charge < -0.3 is 14.6 Å². The minimum Gasteiger partial charge on any atom is -0.459 e. The first-order valence-electron chi connectivity index (χ1n) is 4.72. The van der Waals surface area contributed by atoms with Crippen LogP contribution in [0.2, 0.25) is 0 Å². The van der Waals surface area contributed by atoms with Crippen molar-refractivity contribution in [2.24, 2.45) is 11.8 Å². The molecule has 3 saturated heterocycles. The van der Waals surface area contributed by atoms with Crippen molar-refractivity contribution >= 4 is 5.97 Å². The van der Waals surface area contributed by atoms with Crippen molar-refractivity contribution in [2.45, 2.75) is 37.8 Å². The number of hydrogen-bond donors (Lipinski definition) is 1. The minimum absolute atomic E-state index is 0.00676. The van der Waals surface area contributed by atoms with Crippen LogP contribution >= 0.6 is 0 Å². The van der Waals surface area contributed by atoms with Gasteiger partial charge in [0.05, 0.1) is 24.0 Å². The summed E-state index contributed by atoms with van der Waals surface area (Å²) in [6, 6.07) is 0. The molecule has 3 heterocycles. The van der Waals surface area contributed by atoms with Crippen LogP contribution in [0.1, 0.15) is 13.3 Å². The maximum atomic E-state index is 11.3. The molecule has 3 fully saturated rings. The summed E-state index contributed by atoms with van der Waals surface area (Å²) in [5, 5.41) is 9.51. The summed E-state index contributed by atoms with van der Waals surface area (Å²) in [5.74, 6) is -0.196. The number of carbonyl (C=O) groups is 1. The molecule has 4 nitrogen and oxygen atoms in total. The van der Waals surface area contributed by atoms with Crippen molar-refractivity contribution in [3.05, 3.63) is 0 Å². The summed E-state index contributed by atoms with van der Waals surface area (Å²) >= 11 is 0. The van der Waals surface area contributed by atoms with E-state index in [4.69, 9.17) is 9.47 Å². The first-order valence-corrected chi connectivity index (χ1v) is 4.72. The molecule has 0 aromatic carbocycles. The third-order valence-electron chi connectivity index (χ3n) is 3.46. The van der Waals surface area contributed by atoms with Crippen LogP contribution in [0.15, 0.2) is 0 Å². The van der Waals surface area contributed by atoms with Crippen LogP contribution < -0.4 is 0 Å². The fourth-order valence-electron chi connectivity index (χ4n) is 2.90. The Hall–Kier alpha value is -0.610. The average molecular weight is 184 g/mol. The standard InChI is InChI=1S/C9H12O4/c1-3(10)6-5-2-4-7(12-5)8(6)13-9(4)11/h3-8,10H,2H2,1H3. The zero-order chi connectivity index (χ0) is 9.16. The van der Waals surface area contributed by atoms with E-state index >= 15 is 0 Å². The number of esters is 1. The second kappa shape index (κ2) is 2.25. The Bertz CT molecular complexity index is 262. The Balaban J connectivity index is 1.94. The molecular weight excluding hydrogens is 172 g/mol. The van der Waals surface area contributed by atoms with Gasteiger partial charge in [-0.2, -0.15) is 0 Å². The van der Waals surface area contributed by atoms with Crippen molar-refractivity contribution in [1.29, 1.82) is 0 Å². The number of aliphatic hydroxyl groups is 1. The van der Waals surface area contributed by atoms with Crippen LogP contribution in [0.4, 0.5) is 0 Å². The van der Waals surface area contributed by atoms with Gasteiger partial charge in [-0.1, -0.05) is 0 Å². The quantitative estimate of drug-likeness (QED) is 0.568. The zero-order valence-electron chi connectivity index (χ0n) is 7.34. The van der Waals surface area contributed by atoms with Gasteiger partial charge in [0.15, 0.2) is 0 Å². The SMILES string of the molecule is CC(O)C1C2CC3C(=O)OC1C3O2. The smallest absolute Gasteiger partial charge is 0.312 e. The average Bonchev–Trinajstić information content (AvgIpc) is 2.61. The Labute approximate surface area is 75.8 Å². The van der Waals surface area contributed by atoms with Gasteiger partial charge >= 0.3 is 5.97 Å². The van der Waals surface area contributed by atoms with Gasteiger partial charge in [0.25, 0.3) is 0 Å². The van der Waals surface area contributed by atoms with Gasteiger partial charge in [-0.15, -0.1) is 0 Å². The van der Waals surface area contributed by atoms with Crippen molar-refractivity contribution in [1.82, 2.24) is 0 Å². The number of aliphatic hydroxyl groups excluding tert-OH is 1. The van der Waals surface area contributed by atoms with Crippen molar-refractivity contribution in [3.8, 4) is 0 Å². The predicted octanol–water partition coefficient (Wildman–Crippen LogP) is -0.304. The Kier molecular flexibility index (Phi) is 1.34. The molecule has 0 radical (unpaired) electrons. The molecule has 0 saturated carbocycles. The lowest BCUT2D eigenvalue weighted by atomic mass is 9.80. The van der Waals surface area contributed by atoms with Crippen molar-refractivity contribution in [2.75, 3.05) is 0 Å². The summed E-state index contributed by atoms with van der Waals surface area (Å²) < 4.78 is 10.8. The van der Waals surface area contributed by atoms with E-state index in [9.17, 15) is 9.90 Å². The molecule has 3 aliphatic rings. The molecule has 3 aliphatic heterocycles. The topological polar surface area (TPSA) is 55.8 Å². The number of hydrogen-bond acceptors (Lipinski definition) is 4. The third kappa shape index (κ3) is 0.802. The molecule has 1 N–H and O–H groups in total. The van der Waals surface area contributed by atoms with E-state index in [0.717, 1.165) is 6.42 Å². The molecule has 2 bridgehead atoms. The number of carbonyl (C=O) groups excluding carboxylic acids is 1. The highest BCUT2D eigenvalue weighted by molar-refractivity contribution is 5.77. The monoisotopic (exact) mass is 184 g/mol. The fourth-order valence-corrected chi connectivity index (χ4v) is 2.90. The molecule has 3 rings (SSSR count). The van der Waals surface area contributed by atoms with E-state index in [1.54, 1.807) is 6.92 Å². The maximum Gasteiger partial charge on any atom is 0.312 e. The highest BCUT2D eigenvalue weighted by Gasteiger charge is 2.64. The van der Waals surface area contributed by atoms with Gasteiger partial charge in [0.2, 0.25) is 0 Å². The molecule has 0 spiro atoms. The molecular formula is C9H12O4. The summed E-state index contributed by atoms with van der Waals surface area (Å²) in [6.45, 7) is 1.73. The second-order valence-electron chi connectivity index (χ2n) is 4.20. The molecule has 0 aromatic heterocycles. The van der Waals surface area contributed by atoms with E-state index in [2.05, 4.69) is 0 Å². The summed E-state index contributed by atoms with van der Waals surface area (Å²) in [6.07, 6.45) is 0.0573. The minimum atomic E-state index is -0.452. The molecule has 72 valence electrons. The van der Waals surface area contributed by atoms with Gasteiger partial charge in [-0.25, -0.2) is 0 Å². The van der Waals surface area contributed by atoms with Gasteiger partial charge in [0, 0.05) is 0 Å². The molecule has 4 heteroatoms. The highest BCUT2D eigenvalue weighted by Crippen LogP contribution is 2.50. The van der Waals surface area contributed by atoms with E-state index in [-0.39, 0.29) is 36.1 Å². The van der Waals surface area contributed by atoms with Crippen LogP contribution in [-0.4, -0.2) is 35.5 Å². The van der Waals surface area contributed by atoms with Gasteiger partial charge in [0.1, 0.15) is 12.2 Å². The zero-order valence-corrected chi connectivity index (χ0v) is 7.34.